The second kappa shape index (κ2) is 8.23. The summed E-state index contributed by atoms with van der Waals surface area (Å²) in [5, 5.41) is 12.7. The summed E-state index contributed by atoms with van der Waals surface area (Å²) in [5.74, 6) is -1.16. The summed E-state index contributed by atoms with van der Waals surface area (Å²) in [6, 6.07) is 13.6. The Labute approximate surface area is 161 Å². The smallest absolute Gasteiger partial charge is 0.254 e. The van der Waals surface area contributed by atoms with Gasteiger partial charge in [-0.15, -0.1) is 0 Å². The van der Waals surface area contributed by atoms with E-state index in [1.54, 1.807) is 24.3 Å². The summed E-state index contributed by atoms with van der Waals surface area (Å²) in [6.45, 7) is 10.2. The Morgan fingerprint density at radius 2 is 1.78 bits per heavy atom. The number of hydrogen-bond acceptors (Lipinski definition) is 3. The largest absolute Gasteiger partial charge is 0.542 e. The molecule has 0 saturated heterocycles. The number of carbonyl (C=O) groups excluding carboxylic acids is 1. The summed E-state index contributed by atoms with van der Waals surface area (Å²) in [4.78, 5) is 12.4. The zero-order valence-electron chi connectivity index (χ0n) is 16.5. The van der Waals surface area contributed by atoms with E-state index in [1.165, 1.54) is 6.07 Å². The van der Waals surface area contributed by atoms with Gasteiger partial charge in [-0.3, -0.25) is 4.79 Å². The van der Waals surface area contributed by atoms with Crippen molar-refractivity contribution in [3.05, 3.63) is 65.5 Å². The van der Waals surface area contributed by atoms with Gasteiger partial charge in [-0.2, -0.15) is 0 Å². The van der Waals surface area contributed by atoms with Gasteiger partial charge in [0.05, 0.1) is 11.7 Å². The first-order valence-corrected chi connectivity index (χ1v) is 11.9. The Morgan fingerprint density at radius 3 is 2.37 bits per heavy atom. The van der Waals surface area contributed by atoms with Crippen LogP contribution in [-0.2, 0) is 0 Å². The number of carbonyl (C=O) groups is 1. The Bertz CT molecular complexity index is 788. The second-order valence-corrected chi connectivity index (χ2v) is 12.8. The Morgan fingerprint density at radius 1 is 1.15 bits per heavy atom. The minimum atomic E-state index is -2.23. The second-order valence-electron chi connectivity index (χ2n) is 8.12. The van der Waals surface area contributed by atoms with Crippen molar-refractivity contribution in [3.8, 4) is 5.75 Å². The lowest BCUT2D eigenvalue weighted by molar-refractivity contribution is 0.0911. The third kappa shape index (κ3) is 5.17. The van der Waals surface area contributed by atoms with Crippen molar-refractivity contribution in [1.82, 2.24) is 5.32 Å². The lowest BCUT2D eigenvalue weighted by Gasteiger charge is -2.36. The van der Waals surface area contributed by atoms with Crippen molar-refractivity contribution in [3.63, 3.8) is 0 Å². The molecule has 2 rings (SSSR count). The van der Waals surface area contributed by atoms with Gasteiger partial charge in [-0.1, -0.05) is 57.2 Å². The summed E-state index contributed by atoms with van der Waals surface area (Å²) in [5.41, 5.74) is 0.597. The molecular formula is C21H28FNO3Si. The maximum Gasteiger partial charge on any atom is 0.254 e. The van der Waals surface area contributed by atoms with Crippen LogP contribution >= 0.6 is 0 Å². The lowest BCUT2D eigenvalue weighted by atomic mass is 10.1. The molecule has 2 aromatic rings. The van der Waals surface area contributed by atoms with Crippen LogP contribution in [0.15, 0.2) is 48.5 Å². The van der Waals surface area contributed by atoms with E-state index in [2.05, 4.69) is 26.1 Å². The minimum Gasteiger partial charge on any atom is -0.542 e. The van der Waals surface area contributed by atoms with Crippen LogP contribution < -0.4 is 9.74 Å². The predicted octanol–water partition coefficient (Wildman–Crippen LogP) is 4.67. The van der Waals surface area contributed by atoms with Gasteiger partial charge in [0.1, 0.15) is 5.75 Å². The van der Waals surface area contributed by atoms with Gasteiger partial charge < -0.3 is 14.8 Å². The van der Waals surface area contributed by atoms with E-state index in [4.69, 9.17) is 4.43 Å². The van der Waals surface area contributed by atoms with E-state index in [0.29, 0.717) is 5.56 Å². The van der Waals surface area contributed by atoms with Crippen molar-refractivity contribution in [2.45, 2.75) is 45.0 Å². The van der Waals surface area contributed by atoms with Gasteiger partial charge in [0.2, 0.25) is 0 Å². The predicted molar refractivity (Wildman–Crippen MR) is 108 cm³/mol. The molecule has 0 aliphatic heterocycles. The summed E-state index contributed by atoms with van der Waals surface area (Å²) >= 11 is 0. The van der Waals surface area contributed by atoms with E-state index in [-0.39, 0.29) is 22.9 Å². The van der Waals surface area contributed by atoms with Crippen LogP contribution in [0.2, 0.25) is 18.1 Å². The molecule has 0 fully saturated rings. The molecule has 0 spiro atoms. The van der Waals surface area contributed by atoms with Crippen LogP contribution in [0.3, 0.4) is 0 Å². The van der Waals surface area contributed by atoms with Crippen LogP contribution in [0.25, 0.3) is 0 Å². The number of halogens is 1. The number of aliphatic hydroxyl groups is 1. The first-order chi connectivity index (χ1) is 12.5. The van der Waals surface area contributed by atoms with Gasteiger partial charge in [0, 0.05) is 6.54 Å². The average molecular weight is 390 g/mol. The molecule has 1 atom stereocenters. The molecule has 2 N–H and O–H groups in total. The van der Waals surface area contributed by atoms with Crippen LogP contribution in [0.1, 0.15) is 42.8 Å². The van der Waals surface area contributed by atoms with Crippen molar-refractivity contribution >= 4 is 14.2 Å². The molecular weight excluding hydrogens is 361 g/mol. The summed E-state index contributed by atoms with van der Waals surface area (Å²) in [7, 11) is -2.23. The Hall–Kier alpha value is -2.18. The zero-order valence-corrected chi connectivity index (χ0v) is 17.5. The molecule has 0 bridgehead atoms. The molecule has 27 heavy (non-hydrogen) atoms. The van der Waals surface area contributed by atoms with Crippen LogP contribution in [0, 0.1) is 5.82 Å². The number of nitrogens with one attached hydrogen (secondary N) is 1. The zero-order chi connectivity index (χ0) is 20.2. The molecule has 0 aliphatic carbocycles. The van der Waals surface area contributed by atoms with Crippen molar-refractivity contribution in [2.75, 3.05) is 6.54 Å². The number of benzene rings is 2. The van der Waals surface area contributed by atoms with Crippen molar-refractivity contribution < 1.29 is 18.7 Å². The fourth-order valence-corrected chi connectivity index (χ4v) is 3.28. The quantitative estimate of drug-likeness (QED) is 0.706. The molecule has 4 nitrogen and oxygen atoms in total. The SMILES string of the molecule is CC(C)(C)[Si](C)(C)Oc1cccc(C(=O)NC[C@@H](O)c2ccccc2)c1F. The summed E-state index contributed by atoms with van der Waals surface area (Å²) < 4.78 is 20.9. The van der Waals surface area contributed by atoms with Crippen LogP contribution in [0.5, 0.6) is 5.75 Å². The molecule has 0 saturated carbocycles. The van der Waals surface area contributed by atoms with Gasteiger partial charge in [-0.25, -0.2) is 4.39 Å². The third-order valence-electron chi connectivity index (χ3n) is 5.02. The molecule has 0 heterocycles. The van der Waals surface area contributed by atoms with E-state index in [0.717, 1.165) is 0 Å². The van der Waals surface area contributed by atoms with Gasteiger partial charge in [0.25, 0.3) is 14.2 Å². The van der Waals surface area contributed by atoms with Gasteiger partial charge in [-0.05, 0) is 35.8 Å². The highest BCUT2D eigenvalue weighted by molar-refractivity contribution is 6.74. The number of rotatable bonds is 6. The van der Waals surface area contributed by atoms with Crippen LogP contribution in [-0.4, -0.2) is 25.9 Å². The van der Waals surface area contributed by atoms with E-state index >= 15 is 0 Å². The van der Waals surface area contributed by atoms with E-state index < -0.39 is 26.1 Å². The number of aliphatic hydroxyl groups excluding tert-OH is 1. The number of hydrogen-bond donors (Lipinski definition) is 2. The molecule has 2 aromatic carbocycles. The average Bonchev–Trinajstić information content (AvgIpc) is 2.60. The fourth-order valence-electron chi connectivity index (χ4n) is 2.27. The van der Waals surface area contributed by atoms with Crippen molar-refractivity contribution in [2.24, 2.45) is 0 Å². The van der Waals surface area contributed by atoms with E-state index in [1.807, 2.05) is 31.3 Å². The van der Waals surface area contributed by atoms with E-state index in [9.17, 15) is 14.3 Å². The Kier molecular flexibility index (Phi) is 6.44. The molecule has 146 valence electrons. The lowest BCUT2D eigenvalue weighted by Crippen LogP contribution is -2.44. The molecule has 1 amide bonds. The van der Waals surface area contributed by atoms with Crippen molar-refractivity contribution in [1.29, 1.82) is 0 Å². The molecule has 0 unspecified atom stereocenters. The van der Waals surface area contributed by atoms with Gasteiger partial charge >= 0.3 is 0 Å². The maximum atomic E-state index is 14.9. The topological polar surface area (TPSA) is 58.6 Å². The first-order valence-electron chi connectivity index (χ1n) is 9.01. The molecule has 0 aromatic heterocycles. The highest BCUT2D eigenvalue weighted by atomic mass is 28.4. The fraction of sp³-hybridized carbons (Fsp3) is 0.381. The van der Waals surface area contributed by atoms with Gasteiger partial charge in [0.15, 0.2) is 5.82 Å². The third-order valence-corrected chi connectivity index (χ3v) is 9.36. The number of amides is 1. The summed E-state index contributed by atoms with van der Waals surface area (Å²) in [6.07, 6.45) is -0.857. The highest BCUT2D eigenvalue weighted by Crippen LogP contribution is 2.38. The first kappa shape index (κ1) is 21.1. The molecule has 0 radical (unpaired) electrons. The highest BCUT2D eigenvalue weighted by Gasteiger charge is 2.39. The normalized spacial score (nSPS) is 13.1. The molecule has 0 aliphatic rings. The standard InChI is InChI=1S/C21H28FNO3Si/c1-21(2,3)27(4,5)26-18-13-9-12-16(19(18)22)20(25)23-14-17(24)15-10-7-6-8-11-15/h6-13,17,24H,14H2,1-5H3,(H,23,25)/t17-/m1/s1. The minimum absolute atomic E-state index is 0.00436. The monoisotopic (exact) mass is 389 g/mol. The van der Waals surface area contributed by atoms with Crippen LogP contribution in [0.4, 0.5) is 4.39 Å². The molecule has 6 heteroatoms. The Balaban J connectivity index is 2.11. The maximum absolute atomic E-state index is 14.9.